The van der Waals surface area contributed by atoms with E-state index < -0.39 is 0 Å². The highest BCUT2D eigenvalue weighted by atomic mass is 19.1. The van der Waals surface area contributed by atoms with Crippen LogP contribution >= 0.6 is 0 Å². The van der Waals surface area contributed by atoms with Crippen molar-refractivity contribution in [3.63, 3.8) is 0 Å². The number of nitrogens with two attached hydrogens (primary N) is 1. The molecule has 3 rings (SSSR count). The van der Waals surface area contributed by atoms with Crippen LogP contribution in [0.15, 0.2) is 48.5 Å². The normalized spacial score (nSPS) is 10.9. The van der Waals surface area contributed by atoms with Crippen LogP contribution in [0.4, 0.5) is 8.78 Å². The molecule has 0 spiro atoms. The summed E-state index contributed by atoms with van der Waals surface area (Å²) in [6.07, 6.45) is 0. The summed E-state index contributed by atoms with van der Waals surface area (Å²) in [5.74, 6) is -0.705. The van der Waals surface area contributed by atoms with Crippen molar-refractivity contribution in [3.05, 3.63) is 71.4 Å². The summed E-state index contributed by atoms with van der Waals surface area (Å²) in [6.45, 7) is 0.432. The second-order valence-corrected chi connectivity index (χ2v) is 4.86. The largest absolute Gasteiger partial charge is 0.325 e. The summed E-state index contributed by atoms with van der Waals surface area (Å²) < 4.78 is 28.9. The average Bonchev–Trinajstić information content (AvgIpc) is 2.90. The summed E-state index contributed by atoms with van der Waals surface area (Å²) in [4.78, 5) is 0. The molecule has 0 saturated carbocycles. The van der Waals surface area contributed by atoms with Gasteiger partial charge in [0.1, 0.15) is 17.3 Å². The van der Waals surface area contributed by atoms with Crippen LogP contribution < -0.4 is 5.73 Å². The van der Waals surface area contributed by atoms with Crippen molar-refractivity contribution < 1.29 is 8.78 Å². The Morgan fingerprint density at radius 1 is 1.05 bits per heavy atom. The van der Waals surface area contributed by atoms with Crippen molar-refractivity contribution >= 4 is 0 Å². The highest BCUT2D eigenvalue weighted by Crippen LogP contribution is 2.25. The van der Waals surface area contributed by atoms with Crippen molar-refractivity contribution in [2.24, 2.45) is 5.73 Å². The Hall–Kier alpha value is -2.60. The van der Waals surface area contributed by atoms with Gasteiger partial charge in [-0.2, -0.15) is 0 Å². The topological polar surface area (TPSA) is 56.7 Å². The number of hydrogen-bond acceptors (Lipinski definition) is 3. The molecule has 6 heteroatoms. The summed E-state index contributed by atoms with van der Waals surface area (Å²) in [5.41, 5.74) is 7.78. The highest BCUT2D eigenvalue weighted by Gasteiger charge is 2.17. The maximum atomic E-state index is 14.1. The van der Waals surface area contributed by atoms with E-state index in [2.05, 4.69) is 10.3 Å². The van der Waals surface area contributed by atoms with E-state index >= 15 is 0 Å². The van der Waals surface area contributed by atoms with Crippen LogP contribution in [0.3, 0.4) is 0 Å². The van der Waals surface area contributed by atoms with Crippen LogP contribution in [-0.2, 0) is 13.1 Å². The van der Waals surface area contributed by atoms with Crippen molar-refractivity contribution in [2.75, 3.05) is 0 Å². The summed E-state index contributed by atoms with van der Waals surface area (Å²) >= 11 is 0. The van der Waals surface area contributed by atoms with Gasteiger partial charge in [0.15, 0.2) is 0 Å². The molecule has 0 unspecified atom stereocenters. The van der Waals surface area contributed by atoms with E-state index in [0.29, 0.717) is 22.5 Å². The van der Waals surface area contributed by atoms with Crippen LogP contribution in [0, 0.1) is 11.6 Å². The second-order valence-electron chi connectivity index (χ2n) is 4.86. The van der Waals surface area contributed by atoms with Gasteiger partial charge >= 0.3 is 0 Å². The number of nitrogens with zero attached hydrogens (tertiary/aromatic N) is 3. The summed E-state index contributed by atoms with van der Waals surface area (Å²) in [6, 6.07) is 12.5. The first-order valence-corrected chi connectivity index (χ1v) is 6.81. The molecule has 1 aromatic heterocycles. The zero-order valence-corrected chi connectivity index (χ0v) is 11.7. The van der Waals surface area contributed by atoms with Gasteiger partial charge in [0, 0.05) is 12.1 Å². The number of hydrogen-bond donors (Lipinski definition) is 1. The summed E-state index contributed by atoms with van der Waals surface area (Å²) in [5, 5.41) is 8.03. The molecule has 0 atom stereocenters. The van der Waals surface area contributed by atoms with Gasteiger partial charge in [0.25, 0.3) is 0 Å². The molecule has 0 amide bonds. The van der Waals surface area contributed by atoms with E-state index in [9.17, 15) is 8.78 Å². The van der Waals surface area contributed by atoms with E-state index in [0.717, 1.165) is 0 Å². The van der Waals surface area contributed by atoms with E-state index in [-0.39, 0.29) is 24.7 Å². The quantitative estimate of drug-likeness (QED) is 0.806. The first-order chi connectivity index (χ1) is 10.7. The molecule has 0 radical (unpaired) electrons. The Kier molecular flexibility index (Phi) is 3.93. The molecule has 0 saturated heterocycles. The molecule has 0 bridgehead atoms. The SMILES string of the molecule is NCc1nnn(Cc2cccc(F)c2)c1-c1ccccc1F. The van der Waals surface area contributed by atoms with Gasteiger partial charge in [-0.15, -0.1) is 5.10 Å². The van der Waals surface area contributed by atoms with E-state index in [1.807, 2.05) is 0 Å². The molecule has 22 heavy (non-hydrogen) atoms. The maximum absolute atomic E-state index is 14.1. The fourth-order valence-corrected chi connectivity index (χ4v) is 2.35. The molecule has 0 aliphatic rings. The van der Waals surface area contributed by atoms with Gasteiger partial charge < -0.3 is 5.73 Å². The molecule has 3 aromatic rings. The first kappa shape index (κ1) is 14.3. The van der Waals surface area contributed by atoms with Gasteiger partial charge in [-0.3, -0.25) is 0 Å². The van der Waals surface area contributed by atoms with Crippen molar-refractivity contribution in [1.29, 1.82) is 0 Å². The molecule has 0 fully saturated rings. The van der Waals surface area contributed by atoms with Crippen LogP contribution in [0.5, 0.6) is 0 Å². The zero-order chi connectivity index (χ0) is 15.5. The first-order valence-electron chi connectivity index (χ1n) is 6.81. The van der Waals surface area contributed by atoms with Crippen LogP contribution in [-0.4, -0.2) is 15.0 Å². The zero-order valence-electron chi connectivity index (χ0n) is 11.7. The minimum atomic E-state index is -0.375. The van der Waals surface area contributed by atoms with Gasteiger partial charge in [0.05, 0.1) is 12.2 Å². The summed E-state index contributed by atoms with van der Waals surface area (Å²) in [7, 11) is 0. The van der Waals surface area contributed by atoms with E-state index in [1.165, 1.54) is 22.9 Å². The van der Waals surface area contributed by atoms with Crippen molar-refractivity contribution in [3.8, 4) is 11.3 Å². The number of aromatic nitrogens is 3. The van der Waals surface area contributed by atoms with E-state index in [1.54, 1.807) is 30.3 Å². The third-order valence-electron chi connectivity index (χ3n) is 3.35. The Morgan fingerprint density at radius 3 is 2.59 bits per heavy atom. The van der Waals surface area contributed by atoms with E-state index in [4.69, 9.17) is 5.73 Å². The Morgan fingerprint density at radius 2 is 1.86 bits per heavy atom. The number of rotatable bonds is 4. The maximum Gasteiger partial charge on any atom is 0.132 e. The van der Waals surface area contributed by atoms with Crippen LogP contribution in [0.1, 0.15) is 11.3 Å². The molecule has 0 aliphatic carbocycles. The molecular weight excluding hydrogens is 286 g/mol. The molecule has 112 valence electrons. The van der Waals surface area contributed by atoms with Gasteiger partial charge in [-0.25, -0.2) is 13.5 Å². The second kappa shape index (κ2) is 6.03. The smallest absolute Gasteiger partial charge is 0.132 e. The molecule has 1 heterocycles. The number of halogens is 2. The lowest BCUT2D eigenvalue weighted by Gasteiger charge is -2.09. The minimum absolute atomic E-state index is 0.146. The lowest BCUT2D eigenvalue weighted by atomic mass is 10.1. The van der Waals surface area contributed by atoms with Crippen molar-refractivity contribution in [1.82, 2.24) is 15.0 Å². The third-order valence-corrected chi connectivity index (χ3v) is 3.35. The fourth-order valence-electron chi connectivity index (χ4n) is 2.35. The fraction of sp³-hybridized carbons (Fsp3) is 0.125. The van der Waals surface area contributed by atoms with Gasteiger partial charge in [-0.05, 0) is 29.8 Å². The molecule has 2 N–H and O–H groups in total. The molecule has 4 nitrogen and oxygen atoms in total. The lowest BCUT2D eigenvalue weighted by molar-refractivity contribution is 0.610. The predicted molar refractivity (Wildman–Crippen MR) is 78.8 cm³/mol. The predicted octanol–water partition coefficient (Wildman–Crippen LogP) is 2.73. The Labute approximate surface area is 126 Å². The van der Waals surface area contributed by atoms with Crippen molar-refractivity contribution in [2.45, 2.75) is 13.1 Å². The van der Waals surface area contributed by atoms with Crippen LogP contribution in [0.2, 0.25) is 0 Å². The lowest BCUT2D eigenvalue weighted by Crippen LogP contribution is -2.07. The number of benzene rings is 2. The molecular formula is C16H14F2N4. The van der Waals surface area contributed by atoms with Crippen LogP contribution in [0.25, 0.3) is 11.3 Å². The third kappa shape index (κ3) is 2.73. The highest BCUT2D eigenvalue weighted by molar-refractivity contribution is 5.62. The Bertz CT molecular complexity index is 798. The Balaban J connectivity index is 2.06. The van der Waals surface area contributed by atoms with Gasteiger partial charge in [0.2, 0.25) is 0 Å². The minimum Gasteiger partial charge on any atom is -0.325 e. The molecule has 0 aliphatic heterocycles. The average molecular weight is 300 g/mol. The monoisotopic (exact) mass is 300 g/mol. The standard InChI is InChI=1S/C16H14F2N4/c17-12-5-3-4-11(8-12)10-22-16(15(9-19)20-21-22)13-6-1-2-7-14(13)18/h1-8H,9-10,19H2. The van der Waals surface area contributed by atoms with Gasteiger partial charge in [-0.1, -0.05) is 29.5 Å². The molecule has 2 aromatic carbocycles.